The molecule has 0 saturated heterocycles. The molecule has 2 rings (SSSR count). The number of amides is 1. The first-order valence-electron chi connectivity index (χ1n) is 7.37. The summed E-state index contributed by atoms with van der Waals surface area (Å²) in [5, 5.41) is 21.7. The number of carbonyl (C=O) groups is 1. The Labute approximate surface area is 135 Å². The van der Waals surface area contributed by atoms with Crippen LogP contribution in [0.1, 0.15) is 28.4 Å². The van der Waals surface area contributed by atoms with E-state index >= 15 is 0 Å². The number of carbonyl (C=O) groups excluding carboxylic acids is 1. The molecule has 1 amide bonds. The van der Waals surface area contributed by atoms with Gasteiger partial charge in [-0.25, -0.2) is 0 Å². The Balaban J connectivity index is 2.03. The molecule has 1 atom stereocenters. The predicted molar refractivity (Wildman–Crippen MR) is 88.1 cm³/mol. The Kier molecular flexibility index (Phi) is 5.11. The molecule has 0 saturated carbocycles. The van der Waals surface area contributed by atoms with Gasteiger partial charge in [-0.05, 0) is 55.7 Å². The first-order chi connectivity index (χ1) is 10.9. The van der Waals surface area contributed by atoms with Crippen molar-refractivity contribution in [2.45, 2.75) is 26.3 Å². The van der Waals surface area contributed by atoms with Crippen LogP contribution < -0.4 is 10.1 Å². The number of phenolic OH excluding ortho intramolecular Hbond substituents is 2. The Hall–Kier alpha value is -2.69. The maximum Gasteiger partial charge on any atom is 0.251 e. The molecule has 1 unspecified atom stereocenters. The molecule has 2 aromatic rings. The fraction of sp³-hybridized carbons (Fsp3) is 0.278. The Morgan fingerprint density at radius 1 is 1.17 bits per heavy atom. The van der Waals surface area contributed by atoms with E-state index in [9.17, 15) is 15.0 Å². The lowest BCUT2D eigenvalue weighted by Crippen LogP contribution is -2.34. The Morgan fingerprint density at radius 3 is 2.57 bits per heavy atom. The summed E-state index contributed by atoms with van der Waals surface area (Å²) in [7, 11) is 1.57. The number of phenols is 2. The summed E-state index contributed by atoms with van der Waals surface area (Å²) in [5.41, 5.74) is 2.33. The zero-order valence-corrected chi connectivity index (χ0v) is 13.5. The standard InChI is InChI=1S/C18H21NO4/c1-11-4-6-14(10-17(11)23-3)18(22)19-12(2)8-13-5-7-15(20)16(21)9-13/h4-7,9-10,12,20-21H,8H2,1-3H3,(H,19,22). The summed E-state index contributed by atoms with van der Waals surface area (Å²) >= 11 is 0. The van der Waals surface area contributed by atoms with Crippen molar-refractivity contribution < 1.29 is 19.7 Å². The summed E-state index contributed by atoms with van der Waals surface area (Å²) in [4.78, 5) is 12.3. The molecule has 0 radical (unpaired) electrons. The van der Waals surface area contributed by atoms with Gasteiger partial charge in [0.15, 0.2) is 11.5 Å². The number of benzene rings is 2. The van der Waals surface area contributed by atoms with Crippen molar-refractivity contribution in [2.24, 2.45) is 0 Å². The topological polar surface area (TPSA) is 78.8 Å². The molecule has 0 bridgehead atoms. The van der Waals surface area contributed by atoms with Gasteiger partial charge in [-0.2, -0.15) is 0 Å². The molecular weight excluding hydrogens is 294 g/mol. The lowest BCUT2D eigenvalue weighted by atomic mass is 10.1. The van der Waals surface area contributed by atoms with E-state index in [-0.39, 0.29) is 23.4 Å². The fourth-order valence-corrected chi connectivity index (χ4v) is 2.37. The molecule has 3 N–H and O–H groups in total. The van der Waals surface area contributed by atoms with Gasteiger partial charge in [-0.15, -0.1) is 0 Å². The number of aryl methyl sites for hydroxylation is 1. The van der Waals surface area contributed by atoms with Gasteiger partial charge in [-0.3, -0.25) is 4.79 Å². The SMILES string of the molecule is COc1cc(C(=O)NC(C)Cc2ccc(O)c(O)c2)ccc1C. The first kappa shape index (κ1) is 16.7. The average molecular weight is 315 g/mol. The van der Waals surface area contributed by atoms with Gasteiger partial charge in [0.25, 0.3) is 5.91 Å². The van der Waals surface area contributed by atoms with Crippen LogP contribution in [-0.2, 0) is 6.42 Å². The monoisotopic (exact) mass is 315 g/mol. The largest absolute Gasteiger partial charge is 0.504 e. The molecule has 5 nitrogen and oxygen atoms in total. The van der Waals surface area contributed by atoms with E-state index in [0.717, 1.165) is 11.1 Å². The molecule has 23 heavy (non-hydrogen) atoms. The summed E-state index contributed by atoms with van der Waals surface area (Å²) in [6.45, 7) is 3.80. The van der Waals surface area contributed by atoms with E-state index in [1.807, 2.05) is 19.9 Å². The van der Waals surface area contributed by atoms with Crippen molar-refractivity contribution >= 4 is 5.91 Å². The van der Waals surface area contributed by atoms with Crippen LogP contribution in [0.4, 0.5) is 0 Å². The van der Waals surface area contributed by atoms with E-state index < -0.39 is 0 Å². The maximum absolute atomic E-state index is 12.3. The van der Waals surface area contributed by atoms with Gasteiger partial charge in [-0.1, -0.05) is 12.1 Å². The second kappa shape index (κ2) is 7.05. The lowest BCUT2D eigenvalue weighted by molar-refractivity contribution is 0.0939. The van der Waals surface area contributed by atoms with E-state index in [1.165, 1.54) is 12.1 Å². The highest BCUT2D eigenvalue weighted by Crippen LogP contribution is 2.25. The van der Waals surface area contributed by atoms with Crippen LogP contribution in [0.5, 0.6) is 17.2 Å². The van der Waals surface area contributed by atoms with Crippen molar-refractivity contribution in [3.8, 4) is 17.2 Å². The molecular formula is C18H21NO4. The third-order valence-corrected chi connectivity index (χ3v) is 3.63. The Morgan fingerprint density at radius 2 is 1.91 bits per heavy atom. The fourth-order valence-electron chi connectivity index (χ4n) is 2.37. The van der Waals surface area contributed by atoms with Crippen molar-refractivity contribution in [3.05, 3.63) is 53.1 Å². The quantitative estimate of drug-likeness (QED) is 0.741. The van der Waals surface area contributed by atoms with Gasteiger partial charge >= 0.3 is 0 Å². The van der Waals surface area contributed by atoms with Crippen molar-refractivity contribution in [1.29, 1.82) is 0 Å². The molecule has 2 aromatic carbocycles. The van der Waals surface area contributed by atoms with Crippen LogP contribution in [0.25, 0.3) is 0 Å². The van der Waals surface area contributed by atoms with Crippen LogP contribution >= 0.6 is 0 Å². The van der Waals surface area contributed by atoms with Crippen LogP contribution in [0.3, 0.4) is 0 Å². The van der Waals surface area contributed by atoms with Gasteiger partial charge in [0.2, 0.25) is 0 Å². The Bertz CT molecular complexity index is 712. The number of aromatic hydroxyl groups is 2. The third-order valence-electron chi connectivity index (χ3n) is 3.63. The highest BCUT2D eigenvalue weighted by atomic mass is 16.5. The van der Waals surface area contributed by atoms with Crippen LogP contribution in [0.15, 0.2) is 36.4 Å². The van der Waals surface area contributed by atoms with E-state index in [4.69, 9.17) is 4.74 Å². The molecule has 0 aliphatic carbocycles. The number of methoxy groups -OCH3 is 1. The molecule has 0 aromatic heterocycles. The minimum atomic E-state index is -0.182. The summed E-state index contributed by atoms with van der Waals surface area (Å²) < 4.78 is 5.23. The van der Waals surface area contributed by atoms with Gasteiger partial charge in [0, 0.05) is 11.6 Å². The molecule has 122 valence electrons. The van der Waals surface area contributed by atoms with Crippen LogP contribution in [-0.4, -0.2) is 29.3 Å². The van der Waals surface area contributed by atoms with Gasteiger partial charge in [0.1, 0.15) is 5.75 Å². The number of rotatable bonds is 5. The molecule has 0 aliphatic rings. The minimum absolute atomic E-state index is 0.126. The number of hydrogen-bond donors (Lipinski definition) is 3. The molecule has 0 spiro atoms. The van der Waals surface area contributed by atoms with E-state index in [2.05, 4.69) is 5.32 Å². The average Bonchev–Trinajstić information content (AvgIpc) is 2.51. The molecule has 0 aliphatic heterocycles. The van der Waals surface area contributed by atoms with Crippen molar-refractivity contribution in [1.82, 2.24) is 5.32 Å². The third kappa shape index (κ3) is 4.16. The first-order valence-corrected chi connectivity index (χ1v) is 7.37. The van der Waals surface area contributed by atoms with E-state index in [0.29, 0.717) is 17.7 Å². The van der Waals surface area contributed by atoms with E-state index in [1.54, 1.807) is 25.3 Å². The summed E-state index contributed by atoms with van der Waals surface area (Å²) in [6, 6.07) is 9.83. The molecule has 0 fully saturated rings. The number of nitrogens with one attached hydrogen (secondary N) is 1. The van der Waals surface area contributed by atoms with Crippen LogP contribution in [0.2, 0.25) is 0 Å². The molecule has 0 heterocycles. The van der Waals surface area contributed by atoms with Gasteiger partial charge < -0.3 is 20.3 Å². The predicted octanol–water partition coefficient (Wildman–Crippen LogP) is 2.78. The minimum Gasteiger partial charge on any atom is -0.504 e. The zero-order valence-electron chi connectivity index (χ0n) is 13.5. The van der Waals surface area contributed by atoms with Crippen molar-refractivity contribution in [3.63, 3.8) is 0 Å². The highest BCUT2D eigenvalue weighted by molar-refractivity contribution is 5.94. The van der Waals surface area contributed by atoms with Crippen LogP contribution in [0, 0.1) is 6.92 Å². The lowest BCUT2D eigenvalue weighted by Gasteiger charge is -2.15. The highest BCUT2D eigenvalue weighted by Gasteiger charge is 2.13. The van der Waals surface area contributed by atoms with Gasteiger partial charge in [0.05, 0.1) is 7.11 Å². The summed E-state index contributed by atoms with van der Waals surface area (Å²) in [5.74, 6) is 0.175. The molecule has 5 heteroatoms. The normalized spacial score (nSPS) is 11.8. The number of hydrogen-bond acceptors (Lipinski definition) is 4. The maximum atomic E-state index is 12.3. The zero-order chi connectivity index (χ0) is 17.0. The number of ether oxygens (including phenoxy) is 1. The van der Waals surface area contributed by atoms with Crippen molar-refractivity contribution in [2.75, 3.05) is 7.11 Å². The smallest absolute Gasteiger partial charge is 0.251 e. The second-order valence-electron chi connectivity index (χ2n) is 5.59. The summed E-state index contributed by atoms with van der Waals surface area (Å²) in [6.07, 6.45) is 0.544. The second-order valence-corrected chi connectivity index (χ2v) is 5.59.